The van der Waals surface area contributed by atoms with Gasteiger partial charge in [0.1, 0.15) is 13.2 Å². The maximum Gasteiger partial charge on any atom is 0.338 e. The summed E-state index contributed by atoms with van der Waals surface area (Å²) in [7, 11) is 0. The fraction of sp³-hybridized carbons (Fsp3) is 0.471. The first-order valence-corrected chi connectivity index (χ1v) is 8.36. The molecule has 1 saturated carbocycles. The molecule has 3 amide bonds. The van der Waals surface area contributed by atoms with Crippen molar-refractivity contribution in [1.82, 2.24) is 5.32 Å². The maximum absolute atomic E-state index is 11.8. The van der Waals surface area contributed by atoms with Gasteiger partial charge in [0.2, 0.25) is 0 Å². The molecule has 3 rings (SSSR count). The largest absolute Gasteiger partial charge is 0.486 e. The van der Waals surface area contributed by atoms with E-state index in [4.69, 9.17) is 14.2 Å². The Balaban J connectivity index is 1.45. The number of anilines is 1. The van der Waals surface area contributed by atoms with Crippen LogP contribution in [0.25, 0.3) is 0 Å². The molecule has 0 aromatic heterocycles. The van der Waals surface area contributed by atoms with E-state index in [-0.39, 0.29) is 0 Å². The van der Waals surface area contributed by atoms with Gasteiger partial charge < -0.3 is 24.6 Å². The van der Waals surface area contributed by atoms with E-state index in [0.717, 1.165) is 12.8 Å². The Morgan fingerprint density at radius 3 is 2.54 bits per heavy atom. The second-order valence-electron chi connectivity index (χ2n) is 6.18. The summed E-state index contributed by atoms with van der Waals surface area (Å²) in [6.07, 6.45) is 2.10. The van der Waals surface area contributed by atoms with Gasteiger partial charge in [-0.15, -0.1) is 0 Å². The molecule has 0 radical (unpaired) electrons. The van der Waals surface area contributed by atoms with Gasteiger partial charge in [0.25, 0.3) is 5.91 Å². The third kappa shape index (κ3) is 4.23. The van der Waals surface area contributed by atoms with Crippen molar-refractivity contribution in [1.29, 1.82) is 0 Å². The van der Waals surface area contributed by atoms with Crippen LogP contribution in [0.4, 0.5) is 10.5 Å². The highest BCUT2D eigenvalue weighted by molar-refractivity contribution is 6.02. The number of carbonyl (C=O) groups is 3. The molecule has 9 nitrogen and oxygen atoms in total. The zero-order chi connectivity index (χ0) is 18.6. The van der Waals surface area contributed by atoms with Gasteiger partial charge in [0.15, 0.2) is 23.7 Å². The van der Waals surface area contributed by atoms with Crippen LogP contribution >= 0.6 is 0 Å². The maximum atomic E-state index is 11.8. The Kier molecular flexibility index (Phi) is 5.27. The molecule has 2 aliphatic rings. The van der Waals surface area contributed by atoms with Gasteiger partial charge in [-0.3, -0.25) is 10.1 Å². The molecule has 1 aromatic carbocycles. The van der Waals surface area contributed by atoms with Gasteiger partial charge in [-0.25, -0.2) is 9.59 Å². The third-order valence-corrected chi connectivity index (χ3v) is 4.20. The number of hydrogen-bond donors (Lipinski definition) is 3. The number of esters is 1. The van der Waals surface area contributed by atoms with E-state index in [2.05, 4.69) is 5.32 Å². The number of amides is 3. The number of fused-ring (bicyclic) bond motifs is 1. The summed E-state index contributed by atoms with van der Waals surface area (Å²) in [6, 6.07) is 4.06. The molecule has 3 N–H and O–H groups in total. The highest BCUT2D eigenvalue weighted by Gasteiger charge is 2.40. The molecule has 1 heterocycles. The fourth-order valence-electron chi connectivity index (χ4n) is 2.88. The van der Waals surface area contributed by atoms with Gasteiger partial charge >= 0.3 is 12.0 Å². The average molecular weight is 364 g/mol. The van der Waals surface area contributed by atoms with E-state index in [0.29, 0.717) is 43.2 Å². The molecule has 140 valence electrons. The van der Waals surface area contributed by atoms with Gasteiger partial charge in [-0.05, 0) is 37.8 Å². The standard InChI is InChI=1S/C17H20N2O7/c20-14(10-26-15(21)17(23)5-1-2-6-17)19-16(22)18-11-3-4-12-13(9-11)25-8-7-24-12/h3-4,9,23H,1-2,5-8,10H2,(H2,18,19,20,22). The number of rotatable bonds is 4. The Morgan fingerprint density at radius 2 is 1.81 bits per heavy atom. The minimum atomic E-state index is -1.52. The van der Waals surface area contributed by atoms with Gasteiger partial charge in [0, 0.05) is 11.8 Å². The minimum Gasteiger partial charge on any atom is -0.486 e. The SMILES string of the molecule is O=C(COC(=O)C1(O)CCCC1)NC(=O)Nc1ccc2c(c1)OCCO2. The Morgan fingerprint density at radius 1 is 1.12 bits per heavy atom. The van der Waals surface area contributed by atoms with Crippen molar-refractivity contribution in [3.8, 4) is 11.5 Å². The van der Waals surface area contributed by atoms with E-state index >= 15 is 0 Å². The van der Waals surface area contributed by atoms with E-state index in [1.807, 2.05) is 5.32 Å². The summed E-state index contributed by atoms with van der Waals surface area (Å²) >= 11 is 0. The number of nitrogens with one attached hydrogen (secondary N) is 2. The Hall–Kier alpha value is -2.81. The van der Waals surface area contributed by atoms with E-state index in [9.17, 15) is 19.5 Å². The fourth-order valence-corrected chi connectivity index (χ4v) is 2.88. The molecule has 0 unspecified atom stereocenters. The summed E-state index contributed by atoms with van der Waals surface area (Å²) in [5.41, 5.74) is -1.11. The van der Waals surface area contributed by atoms with Crippen molar-refractivity contribution in [2.24, 2.45) is 0 Å². The first kappa shape index (κ1) is 18.0. The molecule has 0 saturated heterocycles. The molecule has 0 spiro atoms. The molecule has 9 heteroatoms. The predicted molar refractivity (Wildman–Crippen MR) is 89.0 cm³/mol. The van der Waals surface area contributed by atoms with Crippen LogP contribution in [0.1, 0.15) is 25.7 Å². The number of hydrogen-bond acceptors (Lipinski definition) is 7. The molecule has 26 heavy (non-hydrogen) atoms. The van der Waals surface area contributed by atoms with Crippen molar-refractivity contribution < 1.29 is 33.7 Å². The smallest absolute Gasteiger partial charge is 0.338 e. The van der Waals surface area contributed by atoms with Crippen molar-refractivity contribution >= 4 is 23.6 Å². The third-order valence-electron chi connectivity index (χ3n) is 4.20. The van der Waals surface area contributed by atoms with E-state index < -0.39 is 30.1 Å². The Bertz CT molecular complexity index is 713. The van der Waals surface area contributed by atoms with Crippen LogP contribution in [0.2, 0.25) is 0 Å². The lowest BCUT2D eigenvalue weighted by atomic mass is 10.0. The van der Waals surface area contributed by atoms with Crippen LogP contribution < -0.4 is 20.1 Å². The summed E-state index contributed by atoms with van der Waals surface area (Å²) in [5, 5.41) is 14.6. The minimum absolute atomic E-state index is 0.318. The molecular formula is C17H20N2O7. The quantitative estimate of drug-likeness (QED) is 0.680. The van der Waals surface area contributed by atoms with E-state index in [1.54, 1.807) is 18.2 Å². The number of ether oxygens (including phenoxy) is 3. The molecular weight excluding hydrogens is 344 g/mol. The van der Waals surface area contributed by atoms with Crippen molar-refractivity contribution in [2.45, 2.75) is 31.3 Å². The van der Waals surface area contributed by atoms with Gasteiger partial charge in [0.05, 0.1) is 0 Å². The molecule has 1 aliphatic carbocycles. The highest BCUT2D eigenvalue weighted by Crippen LogP contribution is 2.32. The lowest BCUT2D eigenvalue weighted by molar-refractivity contribution is -0.166. The van der Waals surface area contributed by atoms with Crippen LogP contribution in [-0.4, -0.2) is 48.4 Å². The summed E-state index contributed by atoms with van der Waals surface area (Å²) in [4.78, 5) is 35.4. The van der Waals surface area contributed by atoms with Gasteiger partial charge in [-0.2, -0.15) is 0 Å². The first-order valence-electron chi connectivity index (χ1n) is 8.36. The Labute approximate surface area is 149 Å². The van der Waals surface area contributed by atoms with Crippen molar-refractivity contribution in [3.63, 3.8) is 0 Å². The zero-order valence-electron chi connectivity index (χ0n) is 14.1. The second-order valence-corrected chi connectivity index (χ2v) is 6.18. The van der Waals surface area contributed by atoms with Gasteiger partial charge in [-0.1, -0.05) is 0 Å². The summed E-state index contributed by atoms with van der Waals surface area (Å²) in [6.45, 7) is 0.233. The number of imide groups is 1. The number of aliphatic hydroxyl groups is 1. The van der Waals surface area contributed by atoms with Crippen LogP contribution in [0, 0.1) is 0 Å². The number of urea groups is 1. The summed E-state index contributed by atoms with van der Waals surface area (Å²) < 4.78 is 15.6. The van der Waals surface area contributed by atoms with Crippen molar-refractivity contribution in [2.75, 3.05) is 25.1 Å². The number of carbonyl (C=O) groups excluding carboxylic acids is 3. The van der Waals surface area contributed by atoms with Crippen molar-refractivity contribution in [3.05, 3.63) is 18.2 Å². The molecule has 0 bridgehead atoms. The zero-order valence-corrected chi connectivity index (χ0v) is 14.1. The highest BCUT2D eigenvalue weighted by atomic mass is 16.6. The summed E-state index contributed by atoms with van der Waals surface area (Å²) in [5.74, 6) is -0.554. The lowest BCUT2D eigenvalue weighted by Gasteiger charge is -2.19. The second kappa shape index (κ2) is 7.61. The predicted octanol–water partition coefficient (Wildman–Crippen LogP) is 0.954. The van der Waals surface area contributed by atoms with Crippen LogP contribution in [0.3, 0.4) is 0 Å². The van der Waals surface area contributed by atoms with Crippen LogP contribution in [-0.2, 0) is 14.3 Å². The average Bonchev–Trinajstić information content (AvgIpc) is 3.07. The topological polar surface area (TPSA) is 123 Å². The molecule has 1 aromatic rings. The first-order chi connectivity index (χ1) is 12.5. The number of benzene rings is 1. The molecule has 1 fully saturated rings. The molecule has 0 atom stereocenters. The van der Waals surface area contributed by atoms with E-state index in [1.165, 1.54) is 0 Å². The monoisotopic (exact) mass is 364 g/mol. The molecule has 1 aliphatic heterocycles. The van der Waals surface area contributed by atoms with Crippen LogP contribution in [0.15, 0.2) is 18.2 Å². The van der Waals surface area contributed by atoms with Crippen LogP contribution in [0.5, 0.6) is 11.5 Å². The lowest BCUT2D eigenvalue weighted by Crippen LogP contribution is -2.41. The normalized spacial score (nSPS) is 17.3.